The monoisotopic (exact) mass is 461 g/mol. The molecule has 1 aliphatic carbocycles. The maximum Gasteiger partial charge on any atom is 0.416 e. The summed E-state index contributed by atoms with van der Waals surface area (Å²) in [7, 11) is 1.48. The molecule has 0 heterocycles. The van der Waals surface area contributed by atoms with Gasteiger partial charge in [0.2, 0.25) is 0 Å². The fourth-order valence-corrected chi connectivity index (χ4v) is 2.38. The van der Waals surface area contributed by atoms with Gasteiger partial charge in [-0.25, -0.2) is 4.39 Å². The zero-order chi connectivity index (χ0) is 17.1. The standard InChI is InChI=1S/C15H19F4N3O.HI/c1-20-13(22-9-14(23)5-2-6-14)21-8-10-3-4-11(16)7-12(10)15(17,18)19;/h3-4,7,23H,2,5-6,8-9H2,1H3,(H2,20,21,22);1H. The minimum absolute atomic E-state index is 0. The van der Waals surface area contributed by atoms with E-state index in [2.05, 4.69) is 15.6 Å². The summed E-state index contributed by atoms with van der Waals surface area (Å²) in [6, 6.07) is 2.56. The summed E-state index contributed by atoms with van der Waals surface area (Å²) in [4.78, 5) is 3.90. The van der Waals surface area contributed by atoms with Crippen molar-refractivity contribution in [1.82, 2.24) is 10.6 Å². The first kappa shape index (κ1) is 20.9. The highest BCUT2D eigenvalue weighted by molar-refractivity contribution is 14.0. The number of aliphatic hydroxyl groups is 1. The van der Waals surface area contributed by atoms with Gasteiger partial charge in [0.15, 0.2) is 5.96 Å². The quantitative estimate of drug-likeness (QED) is 0.280. The maximum atomic E-state index is 13.1. The Labute approximate surface area is 154 Å². The van der Waals surface area contributed by atoms with E-state index in [9.17, 15) is 22.7 Å². The Morgan fingerprint density at radius 1 is 1.29 bits per heavy atom. The molecule has 1 saturated carbocycles. The first-order chi connectivity index (χ1) is 10.7. The average Bonchev–Trinajstić information content (AvgIpc) is 2.45. The van der Waals surface area contributed by atoms with Crippen LogP contribution in [0.2, 0.25) is 0 Å². The Hall–Kier alpha value is -1.10. The van der Waals surface area contributed by atoms with E-state index in [0.717, 1.165) is 18.6 Å². The SMILES string of the molecule is CN=C(NCc1ccc(F)cc1C(F)(F)F)NCC1(O)CCC1.I. The molecule has 0 radical (unpaired) electrons. The Balaban J connectivity index is 0.00000288. The molecule has 1 aromatic carbocycles. The summed E-state index contributed by atoms with van der Waals surface area (Å²) < 4.78 is 51.8. The normalized spacial score (nSPS) is 16.8. The average molecular weight is 461 g/mol. The Kier molecular flexibility index (Phi) is 7.26. The molecule has 24 heavy (non-hydrogen) atoms. The van der Waals surface area contributed by atoms with Crippen LogP contribution in [0.25, 0.3) is 0 Å². The van der Waals surface area contributed by atoms with Crippen molar-refractivity contribution in [3.8, 4) is 0 Å². The molecule has 0 aromatic heterocycles. The van der Waals surface area contributed by atoms with E-state index in [1.54, 1.807) is 0 Å². The predicted molar refractivity (Wildman–Crippen MR) is 93.8 cm³/mol. The second kappa shape index (κ2) is 8.32. The molecule has 0 amide bonds. The summed E-state index contributed by atoms with van der Waals surface area (Å²) in [5.41, 5.74) is -1.87. The van der Waals surface area contributed by atoms with E-state index < -0.39 is 23.2 Å². The van der Waals surface area contributed by atoms with Gasteiger partial charge in [-0.2, -0.15) is 13.2 Å². The Bertz CT molecular complexity index is 589. The molecule has 0 atom stereocenters. The van der Waals surface area contributed by atoms with Crippen LogP contribution in [0.1, 0.15) is 30.4 Å². The highest BCUT2D eigenvalue weighted by Gasteiger charge is 2.35. The number of nitrogens with zero attached hydrogens (tertiary/aromatic N) is 1. The van der Waals surface area contributed by atoms with Crippen LogP contribution in [0.4, 0.5) is 17.6 Å². The van der Waals surface area contributed by atoms with Crippen LogP contribution in [0.15, 0.2) is 23.2 Å². The van der Waals surface area contributed by atoms with Crippen molar-refractivity contribution in [3.05, 3.63) is 35.1 Å². The molecule has 0 spiro atoms. The van der Waals surface area contributed by atoms with E-state index in [1.165, 1.54) is 7.05 Å². The number of aliphatic imine (C=N–C) groups is 1. The highest BCUT2D eigenvalue weighted by atomic mass is 127. The zero-order valence-electron chi connectivity index (χ0n) is 13.1. The van der Waals surface area contributed by atoms with Crippen molar-refractivity contribution in [2.75, 3.05) is 13.6 Å². The largest absolute Gasteiger partial charge is 0.416 e. The Morgan fingerprint density at radius 2 is 1.96 bits per heavy atom. The van der Waals surface area contributed by atoms with Crippen LogP contribution in [0, 0.1) is 5.82 Å². The molecule has 136 valence electrons. The van der Waals surface area contributed by atoms with Crippen molar-refractivity contribution in [3.63, 3.8) is 0 Å². The number of nitrogens with one attached hydrogen (secondary N) is 2. The molecule has 2 rings (SSSR count). The van der Waals surface area contributed by atoms with Crippen molar-refractivity contribution in [2.45, 2.75) is 37.6 Å². The lowest BCUT2D eigenvalue weighted by Crippen LogP contribution is -2.50. The van der Waals surface area contributed by atoms with Gasteiger partial charge in [-0.05, 0) is 37.0 Å². The molecule has 0 bridgehead atoms. The fraction of sp³-hybridized carbons (Fsp3) is 0.533. The molecule has 1 fully saturated rings. The van der Waals surface area contributed by atoms with Crippen molar-refractivity contribution in [1.29, 1.82) is 0 Å². The summed E-state index contributed by atoms with van der Waals surface area (Å²) >= 11 is 0. The van der Waals surface area contributed by atoms with Crippen LogP contribution in [0.3, 0.4) is 0 Å². The zero-order valence-corrected chi connectivity index (χ0v) is 15.4. The molecular formula is C15H20F4IN3O. The minimum atomic E-state index is -4.63. The summed E-state index contributed by atoms with van der Waals surface area (Å²) in [6.07, 6.45) is -2.30. The van der Waals surface area contributed by atoms with Gasteiger partial charge >= 0.3 is 6.18 Å². The van der Waals surface area contributed by atoms with Gasteiger partial charge < -0.3 is 15.7 Å². The lowest BCUT2D eigenvalue weighted by molar-refractivity contribution is -0.138. The number of guanidine groups is 1. The van der Waals surface area contributed by atoms with Crippen LogP contribution in [-0.4, -0.2) is 30.3 Å². The number of hydrogen-bond donors (Lipinski definition) is 3. The van der Waals surface area contributed by atoms with Gasteiger partial charge in [-0.15, -0.1) is 24.0 Å². The first-order valence-electron chi connectivity index (χ1n) is 7.26. The smallest absolute Gasteiger partial charge is 0.388 e. The van der Waals surface area contributed by atoms with Gasteiger partial charge in [-0.1, -0.05) is 6.07 Å². The third-order valence-electron chi connectivity index (χ3n) is 3.92. The summed E-state index contributed by atoms with van der Waals surface area (Å²) in [5, 5.41) is 15.6. The molecule has 0 unspecified atom stereocenters. The number of halogens is 5. The number of hydrogen-bond acceptors (Lipinski definition) is 2. The van der Waals surface area contributed by atoms with Crippen LogP contribution in [-0.2, 0) is 12.7 Å². The third kappa shape index (κ3) is 5.47. The van der Waals surface area contributed by atoms with E-state index in [0.29, 0.717) is 18.9 Å². The van der Waals surface area contributed by atoms with E-state index >= 15 is 0 Å². The summed E-state index contributed by atoms with van der Waals surface area (Å²) in [6.45, 7) is 0.120. The molecule has 1 aromatic rings. The third-order valence-corrected chi connectivity index (χ3v) is 3.92. The second-order valence-corrected chi connectivity index (χ2v) is 5.66. The van der Waals surface area contributed by atoms with E-state index in [4.69, 9.17) is 0 Å². The highest BCUT2D eigenvalue weighted by Crippen LogP contribution is 2.32. The van der Waals surface area contributed by atoms with Gasteiger partial charge in [0, 0.05) is 20.1 Å². The first-order valence-corrected chi connectivity index (χ1v) is 7.26. The van der Waals surface area contributed by atoms with Gasteiger partial charge in [0.1, 0.15) is 5.82 Å². The number of rotatable bonds is 4. The molecule has 3 N–H and O–H groups in total. The molecule has 0 saturated heterocycles. The molecule has 0 aliphatic heterocycles. The summed E-state index contributed by atoms with van der Waals surface area (Å²) in [5.74, 6) is -0.654. The van der Waals surface area contributed by atoms with E-state index in [-0.39, 0.29) is 48.6 Å². The minimum Gasteiger partial charge on any atom is -0.388 e. The van der Waals surface area contributed by atoms with Crippen LogP contribution < -0.4 is 10.6 Å². The molecule has 9 heteroatoms. The van der Waals surface area contributed by atoms with E-state index in [1.807, 2.05) is 0 Å². The van der Waals surface area contributed by atoms with Crippen molar-refractivity contribution in [2.24, 2.45) is 4.99 Å². The van der Waals surface area contributed by atoms with Gasteiger partial charge in [0.25, 0.3) is 0 Å². The lowest BCUT2D eigenvalue weighted by Gasteiger charge is -2.37. The van der Waals surface area contributed by atoms with Crippen molar-refractivity contribution < 1.29 is 22.7 Å². The van der Waals surface area contributed by atoms with Gasteiger partial charge in [-0.3, -0.25) is 4.99 Å². The van der Waals surface area contributed by atoms with Crippen molar-refractivity contribution >= 4 is 29.9 Å². The van der Waals surface area contributed by atoms with Crippen LogP contribution in [0.5, 0.6) is 0 Å². The number of alkyl halides is 3. The molecular weight excluding hydrogens is 441 g/mol. The van der Waals surface area contributed by atoms with Gasteiger partial charge in [0.05, 0.1) is 11.2 Å². The molecule has 4 nitrogen and oxygen atoms in total. The topological polar surface area (TPSA) is 56.7 Å². The fourth-order valence-electron chi connectivity index (χ4n) is 2.38. The molecule has 1 aliphatic rings. The lowest BCUT2D eigenvalue weighted by atomic mass is 9.80. The predicted octanol–water partition coefficient (Wildman–Crippen LogP) is 3.04. The number of benzene rings is 1. The maximum absolute atomic E-state index is 13.1. The Morgan fingerprint density at radius 3 is 2.46 bits per heavy atom. The van der Waals surface area contributed by atoms with Crippen LogP contribution >= 0.6 is 24.0 Å². The second-order valence-electron chi connectivity index (χ2n) is 5.66.